The summed E-state index contributed by atoms with van der Waals surface area (Å²) in [4.78, 5) is 0. The van der Waals surface area contributed by atoms with Crippen LogP contribution in [0.3, 0.4) is 0 Å². The summed E-state index contributed by atoms with van der Waals surface area (Å²) in [5, 5.41) is 6.88. The van der Waals surface area contributed by atoms with E-state index >= 15 is 0 Å². The minimum atomic E-state index is 0.334. The highest BCUT2D eigenvalue weighted by Gasteiger charge is 2.29. The third-order valence-electron chi connectivity index (χ3n) is 13.5. The van der Waals surface area contributed by atoms with Crippen molar-refractivity contribution in [1.29, 1.82) is 0 Å². The second kappa shape index (κ2) is 13.2. The van der Waals surface area contributed by atoms with E-state index in [-0.39, 0.29) is 0 Å². The highest BCUT2D eigenvalue weighted by atomic mass is 16.3. The Morgan fingerprint density at radius 1 is 0.426 bits per heavy atom. The van der Waals surface area contributed by atoms with Gasteiger partial charge in [-0.05, 0) is 87.5 Å². The first kappa shape index (κ1) is 34.3. The minimum Gasteiger partial charge on any atom is -0.455 e. The second-order valence-electron chi connectivity index (χ2n) is 16.8. The molecular weight excluding hydrogens is 743 g/mol. The molecule has 288 valence electrons. The summed E-state index contributed by atoms with van der Waals surface area (Å²) >= 11 is 0. The Morgan fingerprint density at radius 2 is 0.967 bits per heavy atom. The van der Waals surface area contributed by atoms with Crippen LogP contribution < -0.4 is 0 Å². The molecule has 0 saturated heterocycles. The van der Waals surface area contributed by atoms with Gasteiger partial charge in [-0.2, -0.15) is 0 Å². The fourth-order valence-electron chi connectivity index (χ4n) is 10.6. The molecule has 0 bridgehead atoms. The first-order valence-corrected chi connectivity index (χ1v) is 21.3. The maximum absolute atomic E-state index is 6.84. The van der Waals surface area contributed by atoms with Gasteiger partial charge in [0, 0.05) is 55.2 Å². The molecule has 12 aromatic rings. The van der Waals surface area contributed by atoms with Crippen molar-refractivity contribution in [2.45, 2.75) is 25.2 Å². The largest absolute Gasteiger partial charge is 0.455 e. The Hall–Kier alpha value is -7.62. The van der Waals surface area contributed by atoms with Crippen molar-refractivity contribution in [3.8, 4) is 39.1 Å². The fraction of sp³-hybridized carbons (Fsp3) is 0.0690. The van der Waals surface area contributed by atoms with E-state index in [1.165, 1.54) is 55.2 Å². The molecule has 13 rings (SSSR count). The number of benzene rings is 9. The summed E-state index contributed by atoms with van der Waals surface area (Å²) in [6.45, 7) is 2.40. The smallest absolute Gasteiger partial charge is 0.143 e. The van der Waals surface area contributed by atoms with Crippen LogP contribution in [0, 0.1) is 0 Å². The fourth-order valence-corrected chi connectivity index (χ4v) is 10.6. The molecule has 3 heterocycles. The standard InChI is InChI=1S/C58H39NO2/c1-35-41-19-4-5-21-45(41)42-20-3-2-14-39(42)32-50(35)37-16-10-15-36(30-37)43-24-12-26-48-51-33-52-49-27-13-25-44(58(49)61-56(52)34-55(51)60-57(43)48)38-17-11-18-40(31-38)59-53-28-8-6-22-46(53)47-23-7-9-29-54(47)59/h2-31,33-35,50H,32H2,1H3. The first-order chi connectivity index (χ1) is 30.2. The number of hydrogen-bond acceptors (Lipinski definition) is 2. The molecule has 2 atom stereocenters. The van der Waals surface area contributed by atoms with Gasteiger partial charge in [-0.25, -0.2) is 0 Å². The van der Waals surface area contributed by atoms with E-state index in [1.54, 1.807) is 0 Å². The van der Waals surface area contributed by atoms with Crippen LogP contribution in [0.5, 0.6) is 0 Å². The average molecular weight is 782 g/mol. The van der Waals surface area contributed by atoms with Crippen LogP contribution in [0.25, 0.3) is 105 Å². The summed E-state index contributed by atoms with van der Waals surface area (Å²) in [6, 6.07) is 70.6. The predicted octanol–water partition coefficient (Wildman–Crippen LogP) is 16.0. The molecule has 0 spiro atoms. The lowest BCUT2D eigenvalue weighted by atomic mass is 9.79. The molecule has 0 aliphatic heterocycles. The highest BCUT2D eigenvalue weighted by Crippen LogP contribution is 2.47. The van der Waals surface area contributed by atoms with Crippen LogP contribution >= 0.6 is 0 Å². The molecule has 0 fully saturated rings. The Labute approximate surface area is 352 Å². The molecule has 2 unspecified atom stereocenters. The van der Waals surface area contributed by atoms with Crippen molar-refractivity contribution in [2.24, 2.45) is 0 Å². The molecule has 61 heavy (non-hydrogen) atoms. The number of hydrogen-bond donors (Lipinski definition) is 0. The normalized spacial score (nSPS) is 15.2. The zero-order valence-electron chi connectivity index (χ0n) is 33.6. The zero-order valence-corrected chi connectivity index (χ0v) is 33.6. The van der Waals surface area contributed by atoms with E-state index < -0.39 is 0 Å². The summed E-state index contributed by atoms with van der Waals surface area (Å²) in [6.07, 6.45) is 0.992. The van der Waals surface area contributed by atoms with Gasteiger partial charge < -0.3 is 13.4 Å². The molecule has 0 radical (unpaired) electrons. The van der Waals surface area contributed by atoms with Gasteiger partial charge in [0.2, 0.25) is 0 Å². The van der Waals surface area contributed by atoms with Gasteiger partial charge in [0.05, 0.1) is 11.0 Å². The predicted molar refractivity (Wildman–Crippen MR) is 253 cm³/mol. The molecule has 1 aliphatic carbocycles. The molecule has 0 saturated carbocycles. The molecule has 0 N–H and O–H groups in total. The molecule has 9 aromatic carbocycles. The van der Waals surface area contributed by atoms with E-state index in [4.69, 9.17) is 8.83 Å². The van der Waals surface area contributed by atoms with Gasteiger partial charge in [-0.1, -0.05) is 165 Å². The van der Waals surface area contributed by atoms with Gasteiger partial charge in [0.15, 0.2) is 0 Å². The van der Waals surface area contributed by atoms with Crippen LogP contribution in [0.15, 0.2) is 203 Å². The van der Waals surface area contributed by atoms with Crippen molar-refractivity contribution in [2.75, 3.05) is 0 Å². The molecule has 3 nitrogen and oxygen atoms in total. The number of para-hydroxylation sites is 4. The van der Waals surface area contributed by atoms with Crippen LogP contribution in [0.1, 0.15) is 35.4 Å². The summed E-state index contributed by atoms with van der Waals surface area (Å²) in [5.74, 6) is 0.691. The quantitative estimate of drug-likeness (QED) is 0.178. The van der Waals surface area contributed by atoms with Crippen LogP contribution in [-0.2, 0) is 6.42 Å². The van der Waals surface area contributed by atoms with Crippen molar-refractivity contribution in [3.05, 3.63) is 211 Å². The molecule has 1 aliphatic rings. The number of fused-ring (bicyclic) bond motifs is 12. The molecule has 3 heteroatoms. The van der Waals surface area contributed by atoms with Crippen molar-refractivity contribution >= 4 is 65.7 Å². The van der Waals surface area contributed by atoms with Crippen LogP contribution in [-0.4, -0.2) is 4.57 Å². The first-order valence-electron chi connectivity index (χ1n) is 21.3. The number of furan rings is 2. The summed E-state index contributed by atoms with van der Waals surface area (Å²) in [7, 11) is 0. The molecule has 0 amide bonds. The lowest BCUT2D eigenvalue weighted by Crippen LogP contribution is -2.10. The zero-order chi connectivity index (χ0) is 40.2. The van der Waals surface area contributed by atoms with E-state index in [2.05, 4.69) is 206 Å². The topological polar surface area (TPSA) is 31.2 Å². The molecule has 3 aromatic heterocycles. The SMILES string of the molecule is CC1c2ccccc2-c2ccccc2CC1c1cccc(-c2cccc3c2oc2cc4oc5c(-c6cccc(-n7c8ccccc8c8ccccc87)c6)cccc5c4cc23)c1. The van der Waals surface area contributed by atoms with E-state index in [0.29, 0.717) is 11.8 Å². The minimum absolute atomic E-state index is 0.334. The number of nitrogens with zero attached hydrogens (tertiary/aromatic N) is 1. The van der Waals surface area contributed by atoms with Gasteiger partial charge in [0.25, 0.3) is 0 Å². The number of aromatic nitrogens is 1. The summed E-state index contributed by atoms with van der Waals surface area (Å²) in [5.41, 5.74) is 18.3. The maximum Gasteiger partial charge on any atom is 0.143 e. The van der Waals surface area contributed by atoms with Crippen molar-refractivity contribution < 1.29 is 8.83 Å². The summed E-state index contributed by atoms with van der Waals surface area (Å²) < 4.78 is 16.0. The lowest BCUT2D eigenvalue weighted by molar-refractivity contribution is 0.579. The Bertz CT molecular complexity index is 3670. The maximum atomic E-state index is 6.84. The van der Waals surface area contributed by atoms with Gasteiger partial charge in [-0.15, -0.1) is 0 Å². The third-order valence-corrected chi connectivity index (χ3v) is 13.5. The van der Waals surface area contributed by atoms with Gasteiger partial charge >= 0.3 is 0 Å². The molecular formula is C58H39NO2. The monoisotopic (exact) mass is 781 g/mol. The Morgan fingerprint density at radius 3 is 1.67 bits per heavy atom. The van der Waals surface area contributed by atoms with Crippen molar-refractivity contribution in [3.63, 3.8) is 0 Å². The van der Waals surface area contributed by atoms with Gasteiger partial charge in [-0.3, -0.25) is 0 Å². The number of rotatable bonds is 4. The van der Waals surface area contributed by atoms with Crippen LogP contribution in [0.4, 0.5) is 0 Å². The van der Waals surface area contributed by atoms with E-state index in [9.17, 15) is 0 Å². The Balaban J connectivity index is 0.905. The highest BCUT2D eigenvalue weighted by molar-refractivity contribution is 6.18. The van der Waals surface area contributed by atoms with Crippen molar-refractivity contribution in [1.82, 2.24) is 4.57 Å². The third kappa shape index (κ3) is 5.17. The van der Waals surface area contributed by atoms with E-state index in [0.717, 1.165) is 72.7 Å². The Kier molecular flexibility index (Phi) is 7.41. The second-order valence-corrected chi connectivity index (χ2v) is 16.8. The van der Waals surface area contributed by atoms with Crippen LogP contribution in [0.2, 0.25) is 0 Å². The average Bonchev–Trinajstić information content (AvgIpc) is 3.96. The van der Waals surface area contributed by atoms with E-state index in [1.807, 2.05) is 0 Å². The van der Waals surface area contributed by atoms with Gasteiger partial charge in [0.1, 0.15) is 22.3 Å². The lowest BCUT2D eigenvalue weighted by Gasteiger charge is -2.24.